The maximum absolute atomic E-state index is 13.3. The molecule has 0 aliphatic carbocycles. The van der Waals surface area contributed by atoms with E-state index in [2.05, 4.69) is 5.32 Å². The monoisotopic (exact) mass is 564 g/mol. The van der Waals surface area contributed by atoms with E-state index in [1.807, 2.05) is 0 Å². The summed E-state index contributed by atoms with van der Waals surface area (Å²) >= 11 is 6.14. The highest BCUT2D eigenvalue weighted by Crippen LogP contribution is 2.37. The fraction of sp³-hybridized carbons (Fsp3) is 0.462. The molecule has 1 aliphatic heterocycles. The number of alkyl halides is 6. The average Bonchev–Trinajstić information content (AvgIpc) is 2.78. The second-order valence-corrected chi connectivity index (χ2v) is 10.6. The van der Waals surface area contributed by atoms with Gasteiger partial charge in [-0.05, 0) is 69.5 Å². The lowest BCUT2D eigenvalue weighted by molar-refractivity contribution is -0.143. The zero-order chi connectivity index (χ0) is 28.6. The highest BCUT2D eigenvalue weighted by atomic mass is 35.5. The molecule has 2 amide bonds. The normalized spacial score (nSPS) is 18.8. The Labute approximate surface area is 221 Å². The van der Waals surface area contributed by atoms with Crippen molar-refractivity contribution in [1.29, 1.82) is 0 Å². The van der Waals surface area contributed by atoms with Crippen molar-refractivity contribution >= 4 is 23.6 Å². The first-order valence-electron chi connectivity index (χ1n) is 11.7. The molecule has 2 aromatic rings. The molecule has 0 spiro atoms. The van der Waals surface area contributed by atoms with Crippen LogP contribution in [-0.2, 0) is 17.1 Å². The van der Waals surface area contributed by atoms with Gasteiger partial charge in [-0.25, -0.2) is 4.79 Å². The van der Waals surface area contributed by atoms with Crippen LogP contribution in [0.25, 0.3) is 0 Å². The number of hydrogen-bond donors (Lipinski definition) is 1. The number of rotatable bonds is 3. The summed E-state index contributed by atoms with van der Waals surface area (Å²) in [6.45, 7) is 7.14. The Morgan fingerprint density at radius 3 is 2.05 bits per heavy atom. The minimum absolute atomic E-state index is 0.0324. The molecular formula is C26H27ClF6N2O3. The average molecular weight is 565 g/mol. The first-order chi connectivity index (χ1) is 17.3. The van der Waals surface area contributed by atoms with Gasteiger partial charge in [0.15, 0.2) is 0 Å². The van der Waals surface area contributed by atoms with Gasteiger partial charge in [-0.2, -0.15) is 26.3 Å². The van der Waals surface area contributed by atoms with E-state index in [1.165, 1.54) is 4.90 Å². The molecule has 2 aromatic carbocycles. The van der Waals surface area contributed by atoms with Gasteiger partial charge >= 0.3 is 18.4 Å². The second-order valence-electron chi connectivity index (χ2n) is 10.2. The number of likely N-dealkylation sites (tertiary alicyclic amines) is 1. The van der Waals surface area contributed by atoms with Crippen LogP contribution >= 0.6 is 11.6 Å². The Balaban J connectivity index is 1.94. The number of hydrogen-bond acceptors (Lipinski definition) is 3. The summed E-state index contributed by atoms with van der Waals surface area (Å²) in [6.07, 6.45) is -10.6. The van der Waals surface area contributed by atoms with Gasteiger partial charge in [0.2, 0.25) is 0 Å². The van der Waals surface area contributed by atoms with Gasteiger partial charge in [0.25, 0.3) is 5.91 Å². The summed E-state index contributed by atoms with van der Waals surface area (Å²) in [7, 11) is 0. The summed E-state index contributed by atoms with van der Waals surface area (Å²) in [6, 6.07) is 5.14. The lowest BCUT2D eigenvalue weighted by Gasteiger charge is -2.39. The number of aryl methyl sites for hydroxylation is 1. The third-order valence-electron chi connectivity index (χ3n) is 6.04. The molecule has 38 heavy (non-hydrogen) atoms. The number of nitrogens with one attached hydrogen (secondary N) is 1. The molecule has 0 saturated carbocycles. The third-order valence-corrected chi connectivity index (χ3v) is 6.47. The molecule has 3 rings (SSSR count). The number of benzene rings is 2. The quantitative estimate of drug-likeness (QED) is 0.401. The van der Waals surface area contributed by atoms with E-state index in [4.69, 9.17) is 16.3 Å². The van der Waals surface area contributed by atoms with Crippen molar-refractivity contribution in [2.45, 2.75) is 64.0 Å². The SMILES string of the molecule is Cc1cc(C2CN(C(=O)OC(C)(C)C)CCC2NC(=O)c2cc(C(F)(F)F)cc(C(F)(F)F)c2)ccc1Cl. The van der Waals surface area contributed by atoms with E-state index in [9.17, 15) is 35.9 Å². The first-order valence-corrected chi connectivity index (χ1v) is 12.1. The molecule has 0 aromatic heterocycles. The number of carbonyl (C=O) groups is 2. The number of amides is 2. The van der Waals surface area contributed by atoms with Crippen molar-refractivity contribution in [2.75, 3.05) is 13.1 Å². The topological polar surface area (TPSA) is 58.6 Å². The van der Waals surface area contributed by atoms with Gasteiger partial charge in [-0.1, -0.05) is 23.7 Å². The minimum atomic E-state index is -5.08. The van der Waals surface area contributed by atoms with E-state index < -0.39 is 58.6 Å². The molecule has 0 bridgehead atoms. The van der Waals surface area contributed by atoms with Crippen LogP contribution in [0.15, 0.2) is 36.4 Å². The number of halogens is 7. The standard InChI is InChI=1S/C26H27ClF6N2O3/c1-14-9-15(5-6-20(14)27)19-13-35(23(37)38-24(2,3)4)8-7-21(19)34-22(36)16-10-17(25(28,29)30)12-18(11-16)26(31,32)33/h5-6,9-12,19,21H,7-8,13H2,1-4H3,(H,34,36). The Morgan fingerprint density at radius 1 is 0.974 bits per heavy atom. The Morgan fingerprint density at radius 2 is 1.55 bits per heavy atom. The highest BCUT2D eigenvalue weighted by Gasteiger charge is 2.39. The molecule has 2 atom stereocenters. The Hall–Kier alpha value is -2.95. The third kappa shape index (κ3) is 7.33. The van der Waals surface area contributed by atoms with Crippen molar-refractivity contribution < 1.29 is 40.7 Å². The predicted molar refractivity (Wildman–Crippen MR) is 129 cm³/mol. The van der Waals surface area contributed by atoms with Gasteiger partial charge in [-0.3, -0.25) is 4.79 Å². The van der Waals surface area contributed by atoms with E-state index in [0.717, 1.165) is 5.56 Å². The van der Waals surface area contributed by atoms with Crippen molar-refractivity contribution in [3.63, 3.8) is 0 Å². The van der Waals surface area contributed by atoms with Crippen LogP contribution in [0.2, 0.25) is 5.02 Å². The van der Waals surface area contributed by atoms with Crippen LogP contribution in [0.3, 0.4) is 0 Å². The van der Waals surface area contributed by atoms with Crippen LogP contribution in [0.1, 0.15) is 65.7 Å². The van der Waals surface area contributed by atoms with E-state index >= 15 is 0 Å². The molecule has 1 heterocycles. The lowest BCUT2D eigenvalue weighted by atomic mass is 9.85. The van der Waals surface area contributed by atoms with Crippen LogP contribution < -0.4 is 5.32 Å². The largest absolute Gasteiger partial charge is 0.444 e. The van der Waals surface area contributed by atoms with E-state index in [-0.39, 0.29) is 25.6 Å². The highest BCUT2D eigenvalue weighted by molar-refractivity contribution is 6.31. The molecule has 1 aliphatic rings. The Kier molecular flexibility index (Phi) is 8.31. The predicted octanol–water partition coefficient (Wildman–Crippen LogP) is 7.21. The van der Waals surface area contributed by atoms with Gasteiger partial charge < -0.3 is 15.0 Å². The summed E-state index contributed by atoms with van der Waals surface area (Å²) in [5, 5.41) is 3.08. The van der Waals surface area contributed by atoms with Gasteiger partial charge in [0.1, 0.15) is 5.60 Å². The lowest BCUT2D eigenvalue weighted by Crippen LogP contribution is -2.52. The number of nitrogens with zero attached hydrogens (tertiary/aromatic N) is 1. The molecule has 1 saturated heterocycles. The molecule has 5 nitrogen and oxygen atoms in total. The number of piperidine rings is 1. The van der Waals surface area contributed by atoms with Crippen LogP contribution in [0.4, 0.5) is 31.1 Å². The van der Waals surface area contributed by atoms with E-state index in [0.29, 0.717) is 22.7 Å². The van der Waals surface area contributed by atoms with Crippen molar-refractivity contribution in [3.8, 4) is 0 Å². The Bertz CT molecular complexity index is 1170. The first kappa shape index (κ1) is 29.6. The van der Waals surface area contributed by atoms with Crippen LogP contribution in [0.5, 0.6) is 0 Å². The maximum atomic E-state index is 13.3. The second kappa shape index (κ2) is 10.7. The fourth-order valence-corrected chi connectivity index (χ4v) is 4.31. The fourth-order valence-electron chi connectivity index (χ4n) is 4.19. The van der Waals surface area contributed by atoms with Gasteiger partial charge in [0.05, 0.1) is 11.1 Å². The number of carbonyl (C=O) groups excluding carboxylic acids is 2. The van der Waals surface area contributed by atoms with Crippen LogP contribution in [0, 0.1) is 6.92 Å². The zero-order valence-electron chi connectivity index (χ0n) is 21.1. The van der Waals surface area contributed by atoms with Crippen molar-refractivity contribution in [2.24, 2.45) is 0 Å². The number of ether oxygens (including phenoxy) is 1. The summed E-state index contributed by atoms with van der Waals surface area (Å²) < 4.78 is 85.2. The molecule has 12 heteroatoms. The molecule has 1 fully saturated rings. The summed E-state index contributed by atoms with van der Waals surface area (Å²) in [4.78, 5) is 27.2. The van der Waals surface area contributed by atoms with Crippen LogP contribution in [-0.4, -0.2) is 41.6 Å². The molecule has 1 N–H and O–H groups in total. The summed E-state index contributed by atoms with van der Waals surface area (Å²) in [5.41, 5.74) is -3.28. The van der Waals surface area contributed by atoms with E-state index in [1.54, 1.807) is 45.9 Å². The molecular weight excluding hydrogens is 538 g/mol. The van der Waals surface area contributed by atoms with Gasteiger partial charge in [0, 0.05) is 35.6 Å². The molecule has 0 radical (unpaired) electrons. The molecule has 2 unspecified atom stereocenters. The molecule has 208 valence electrons. The summed E-state index contributed by atoms with van der Waals surface area (Å²) in [5.74, 6) is -1.63. The van der Waals surface area contributed by atoms with Gasteiger partial charge in [-0.15, -0.1) is 0 Å². The van der Waals surface area contributed by atoms with Crippen molar-refractivity contribution in [3.05, 3.63) is 69.2 Å². The minimum Gasteiger partial charge on any atom is -0.444 e. The zero-order valence-corrected chi connectivity index (χ0v) is 21.8. The van der Waals surface area contributed by atoms with Crippen molar-refractivity contribution in [1.82, 2.24) is 10.2 Å². The maximum Gasteiger partial charge on any atom is 0.416 e. The smallest absolute Gasteiger partial charge is 0.416 e.